The molecular weight excluding hydrogens is 352 g/mol. The Bertz CT molecular complexity index is 777. The zero-order valence-corrected chi connectivity index (χ0v) is 17.1. The standard InChI is InChI=1S/C23H28N2O3/c1-24(2)19-9-5-17(6-10-19)22(13-14-22)27-21(26)28-23(15-16-23)18-7-11-20(12-8-18)25(3)4/h5-12H,13-16H2,1-4H3. The fraction of sp³-hybridized carbons (Fsp3) is 0.435. The normalized spacial score (nSPS) is 18.1. The second-order valence-electron chi connectivity index (χ2n) is 8.33. The summed E-state index contributed by atoms with van der Waals surface area (Å²) < 4.78 is 11.6. The van der Waals surface area contributed by atoms with Gasteiger partial charge in [-0.05, 0) is 61.1 Å². The van der Waals surface area contributed by atoms with E-state index in [2.05, 4.69) is 34.1 Å². The molecule has 0 heterocycles. The van der Waals surface area contributed by atoms with E-state index in [9.17, 15) is 4.79 Å². The topological polar surface area (TPSA) is 42.0 Å². The Balaban J connectivity index is 1.42. The molecule has 0 radical (unpaired) electrons. The average molecular weight is 380 g/mol. The van der Waals surface area contributed by atoms with E-state index in [1.54, 1.807) is 0 Å². The number of hydrogen-bond donors (Lipinski definition) is 0. The lowest BCUT2D eigenvalue weighted by Gasteiger charge is -2.22. The zero-order valence-electron chi connectivity index (χ0n) is 17.1. The van der Waals surface area contributed by atoms with Gasteiger partial charge in [-0.3, -0.25) is 0 Å². The van der Waals surface area contributed by atoms with E-state index < -0.39 is 17.4 Å². The average Bonchev–Trinajstić information content (AvgIpc) is 3.60. The molecule has 28 heavy (non-hydrogen) atoms. The van der Waals surface area contributed by atoms with Gasteiger partial charge in [0.2, 0.25) is 0 Å². The summed E-state index contributed by atoms with van der Waals surface area (Å²) in [4.78, 5) is 16.7. The molecule has 5 nitrogen and oxygen atoms in total. The third-order valence-electron chi connectivity index (χ3n) is 5.79. The number of benzene rings is 2. The van der Waals surface area contributed by atoms with Gasteiger partial charge in [0.15, 0.2) is 0 Å². The highest BCUT2D eigenvalue weighted by Gasteiger charge is 2.53. The first kappa shape index (κ1) is 18.7. The third kappa shape index (κ3) is 3.53. The third-order valence-corrected chi connectivity index (χ3v) is 5.79. The van der Waals surface area contributed by atoms with Crippen molar-refractivity contribution in [2.75, 3.05) is 38.0 Å². The van der Waals surface area contributed by atoms with Crippen LogP contribution in [0, 0.1) is 0 Å². The van der Waals surface area contributed by atoms with Crippen LogP contribution >= 0.6 is 0 Å². The van der Waals surface area contributed by atoms with E-state index >= 15 is 0 Å². The fourth-order valence-corrected chi connectivity index (χ4v) is 3.59. The van der Waals surface area contributed by atoms with E-state index in [1.165, 1.54) is 0 Å². The highest BCUT2D eigenvalue weighted by atomic mass is 16.7. The van der Waals surface area contributed by atoms with Crippen molar-refractivity contribution in [2.24, 2.45) is 0 Å². The number of hydrogen-bond acceptors (Lipinski definition) is 5. The van der Waals surface area contributed by atoms with E-state index in [0.717, 1.165) is 48.2 Å². The molecule has 0 spiro atoms. The molecule has 2 fully saturated rings. The van der Waals surface area contributed by atoms with Gasteiger partial charge < -0.3 is 19.3 Å². The molecule has 4 rings (SSSR count). The number of anilines is 2. The number of carbonyl (C=O) groups excluding carboxylic acids is 1. The van der Waals surface area contributed by atoms with Crippen LogP contribution in [-0.4, -0.2) is 34.3 Å². The fourth-order valence-electron chi connectivity index (χ4n) is 3.59. The molecule has 2 saturated carbocycles. The summed E-state index contributed by atoms with van der Waals surface area (Å²) in [6.45, 7) is 0. The van der Waals surface area contributed by atoms with Crippen LogP contribution in [0.25, 0.3) is 0 Å². The minimum Gasteiger partial charge on any atom is -0.423 e. The molecule has 0 saturated heterocycles. The van der Waals surface area contributed by atoms with E-state index in [4.69, 9.17) is 9.47 Å². The predicted octanol–water partition coefficient (Wildman–Crippen LogP) is 4.65. The molecule has 0 bridgehead atoms. The monoisotopic (exact) mass is 380 g/mol. The molecule has 2 aliphatic rings. The second-order valence-corrected chi connectivity index (χ2v) is 8.33. The summed E-state index contributed by atoms with van der Waals surface area (Å²) in [5.74, 6) is 0. The molecule has 0 atom stereocenters. The highest BCUT2D eigenvalue weighted by molar-refractivity contribution is 5.64. The summed E-state index contributed by atoms with van der Waals surface area (Å²) in [7, 11) is 8.04. The quantitative estimate of drug-likeness (QED) is 0.683. The van der Waals surface area contributed by atoms with Crippen molar-refractivity contribution in [3.8, 4) is 0 Å². The first-order chi connectivity index (χ1) is 13.3. The van der Waals surface area contributed by atoms with Crippen LogP contribution in [0.5, 0.6) is 0 Å². The molecule has 0 amide bonds. The number of ether oxygens (including phenoxy) is 2. The smallest absolute Gasteiger partial charge is 0.423 e. The summed E-state index contributed by atoms with van der Waals surface area (Å²) in [6.07, 6.45) is 2.80. The van der Waals surface area contributed by atoms with Gasteiger partial charge in [0.25, 0.3) is 0 Å². The van der Waals surface area contributed by atoms with Crippen molar-refractivity contribution in [1.29, 1.82) is 0 Å². The molecule has 0 unspecified atom stereocenters. The highest BCUT2D eigenvalue weighted by Crippen LogP contribution is 2.53. The summed E-state index contributed by atoms with van der Waals surface area (Å²) in [6, 6.07) is 16.4. The first-order valence-corrected chi connectivity index (χ1v) is 9.81. The molecule has 5 heteroatoms. The molecule has 148 valence electrons. The molecule has 2 aromatic carbocycles. The molecule has 0 aliphatic heterocycles. The second kappa shape index (κ2) is 6.73. The maximum Gasteiger partial charge on any atom is 0.510 e. The Morgan fingerprint density at radius 1 is 0.679 bits per heavy atom. The van der Waals surface area contributed by atoms with Gasteiger partial charge in [0.05, 0.1) is 0 Å². The van der Waals surface area contributed by atoms with Crippen LogP contribution in [0.1, 0.15) is 36.8 Å². The van der Waals surface area contributed by atoms with E-state index in [1.807, 2.05) is 52.5 Å². The molecule has 2 aromatic rings. The molecule has 0 aromatic heterocycles. The van der Waals surface area contributed by atoms with Gasteiger partial charge >= 0.3 is 6.16 Å². The summed E-state index contributed by atoms with van der Waals surface area (Å²) in [5, 5.41) is 0. The van der Waals surface area contributed by atoms with Crippen LogP contribution in [0.4, 0.5) is 16.2 Å². The summed E-state index contributed by atoms with van der Waals surface area (Å²) >= 11 is 0. The van der Waals surface area contributed by atoms with E-state index in [-0.39, 0.29) is 0 Å². The van der Waals surface area contributed by atoms with Crippen molar-refractivity contribution in [2.45, 2.75) is 36.9 Å². The lowest BCUT2D eigenvalue weighted by molar-refractivity contribution is -0.0216. The van der Waals surface area contributed by atoms with Crippen LogP contribution in [0.15, 0.2) is 48.5 Å². The largest absolute Gasteiger partial charge is 0.510 e. The zero-order chi connectivity index (χ0) is 19.9. The van der Waals surface area contributed by atoms with Crippen molar-refractivity contribution < 1.29 is 14.3 Å². The van der Waals surface area contributed by atoms with Gasteiger partial charge in [-0.1, -0.05) is 24.3 Å². The Morgan fingerprint density at radius 3 is 1.25 bits per heavy atom. The van der Waals surface area contributed by atoms with Gasteiger partial charge in [0, 0.05) is 39.6 Å². The van der Waals surface area contributed by atoms with Gasteiger partial charge in [0.1, 0.15) is 11.2 Å². The minimum absolute atomic E-state index is 0.521. The SMILES string of the molecule is CN(C)c1ccc(C2(OC(=O)OC3(c4ccc(N(C)C)cc4)CC3)CC2)cc1. The van der Waals surface area contributed by atoms with Crippen molar-refractivity contribution >= 4 is 17.5 Å². The lowest BCUT2D eigenvalue weighted by Crippen LogP contribution is -2.24. The number of rotatable bonds is 6. The number of carbonyl (C=O) groups is 1. The molecule has 2 aliphatic carbocycles. The molecule has 0 N–H and O–H groups in total. The van der Waals surface area contributed by atoms with Crippen LogP contribution in [-0.2, 0) is 20.7 Å². The van der Waals surface area contributed by atoms with Gasteiger partial charge in [-0.2, -0.15) is 0 Å². The van der Waals surface area contributed by atoms with Crippen LogP contribution in [0.2, 0.25) is 0 Å². The number of nitrogens with zero attached hydrogens (tertiary/aromatic N) is 2. The maximum absolute atomic E-state index is 12.6. The Hall–Kier alpha value is -2.69. The van der Waals surface area contributed by atoms with E-state index in [0.29, 0.717) is 0 Å². The van der Waals surface area contributed by atoms with Crippen LogP contribution in [0.3, 0.4) is 0 Å². The van der Waals surface area contributed by atoms with Crippen molar-refractivity contribution in [3.05, 3.63) is 59.7 Å². The summed E-state index contributed by atoms with van der Waals surface area (Å²) in [5.41, 5.74) is 3.28. The molecular formula is C23H28N2O3. The predicted molar refractivity (Wildman–Crippen MR) is 111 cm³/mol. The lowest BCUT2D eigenvalue weighted by atomic mass is 10.1. The Labute approximate surface area is 166 Å². The Kier molecular flexibility index (Phi) is 4.48. The van der Waals surface area contributed by atoms with Crippen molar-refractivity contribution in [1.82, 2.24) is 0 Å². The van der Waals surface area contributed by atoms with Gasteiger partial charge in [-0.25, -0.2) is 4.79 Å². The van der Waals surface area contributed by atoms with Gasteiger partial charge in [-0.15, -0.1) is 0 Å². The first-order valence-electron chi connectivity index (χ1n) is 9.81. The minimum atomic E-state index is -0.566. The van der Waals surface area contributed by atoms with Crippen LogP contribution < -0.4 is 9.80 Å². The Morgan fingerprint density at radius 2 is 1.00 bits per heavy atom. The maximum atomic E-state index is 12.6. The van der Waals surface area contributed by atoms with Crippen molar-refractivity contribution in [3.63, 3.8) is 0 Å².